The van der Waals surface area contributed by atoms with Crippen LogP contribution in [0.1, 0.15) is 11.5 Å². The zero-order valence-corrected chi connectivity index (χ0v) is 9.58. The van der Waals surface area contributed by atoms with E-state index in [4.69, 9.17) is 0 Å². The number of hydrogen-bond donors (Lipinski definition) is 1. The number of nitrogens with one attached hydrogen (secondary N) is 1. The van der Waals surface area contributed by atoms with Crippen LogP contribution in [0.25, 0.3) is 0 Å². The van der Waals surface area contributed by atoms with Crippen molar-refractivity contribution in [3.8, 4) is 0 Å². The highest BCUT2D eigenvalue weighted by atomic mass is 32.1. The summed E-state index contributed by atoms with van der Waals surface area (Å²) < 4.78 is 1.93. The molecule has 0 spiro atoms. The van der Waals surface area contributed by atoms with Crippen molar-refractivity contribution in [1.29, 1.82) is 0 Å². The van der Waals surface area contributed by atoms with Crippen LogP contribution >= 0.6 is 11.3 Å². The van der Waals surface area contributed by atoms with Gasteiger partial charge in [0.15, 0.2) is 5.13 Å². The largest absolute Gasteiger partial charge is 0.361 e. The molecule has 0 aliphatic heterocycles. The molecule has 2 aromatic heterocycles. The van der Waals surface area contributed by atoms with Crippen molar-refractivity contribution in [2.45, 2.75) is 13.3 Å². The fraction of sp³-hybridized carbons (Fsp3) is 0.444. The van der Waals surface area contributed by atoms with Crippen molar-refractivity contribution >= 4 is 16.5 Å². The van der Waals surface area contributed by atoms with E-state index in [1.165, 1.54) is 0 Å². The van der Waals surface area contributed by atoms with Crippen LogP contribution < -0.4 is 5.32 Å². The van der Waals surface area contributed by atoms with Crippen LogP contribution in [0.3, 0.4) is 0 Å². The summed E-state index contributed by atoms with van der Waals surface area (Å²) in [5.41, 5.74) is 1.06. The summed E-state index contributed by atoms with van der Waals surface area (Å²) in [6.07, 6.45) is 2.57. The van der Waals surface area contributed by atoms with Gasteiger partial charge in [-0.15, -0.1) is 21.5 Å². The van der Waals surface area contributed by atoms with E-state index >= 15 is 0 Å². The maximum absolute atomic E-state index is 4.32. The van der Waals surface area contributed by atoms with Crippen LogP contribution in [0.5, 0.6) is 0 Å². The van der Waals surface area contributed by atoms with E-state index < -0.39 is 0 Å². The number of anilines is 1. The van der Waals surface area contributed by atoms with Gasteiger partial charge < -0.3 is 9.88 Å². The molecule has 0 bridgehead atoms. The van der Waals surface area contributed by atoms with E-state index in [0.29, 0.717) is 0 Å². The molecule has 0 saturated heterocycles. The van der Waals surface area contributed by atoms with Gasteiger partial charge in [-0.3, -0.25) is 0 Å². The summed E-state index contributed by atoms with van der Waals surface area (Å²) in [7, 11) is 1.95. The molecule has 15 heavy (non-hydrogen) atoms. The number of rotatable bonds is 4. The minimum atomic E-state index is 0.833. The van der Waals surface area contributed by atoms with Crippen molar-refractivity contribution in [1.82, 2.24) is 19.7 Å². The molecule has 6 heteroatoms. The number of thiazole rings is 1. The van der Waals surface area contributed by atoms with E-state index in [2.05, 4.69) is 20.5 Å². The lowest BCUT2D eigenvalue weighted by Crippen LogP contribution is -2.08. The Labute approximate surface area is 92.2 Å². The summed E-state index contributed by atoms with van der Waals surface area (Å²) >= 11 is 1.63. The quantitative estimate of drug-likeness (QED) is 0.847. The lowest BCUT2D eigenvalue weighted by atomic mass is 10.4. The molecule has 0 aromatic carbocycles. The molecule has 0 amide bonds. The average Bonchev–Trinajstić information content (AvgIpc) is 2.77. The topological polar surface area (TPSA) is 55.6 Å². The molecule has 0 radical (unpaired) electrons. The molecule has 0 fully saturated rings. The van der Waals surface area contributed by atoms with Crippen LogP contribution in [-0.4, -0.2) is 26.3 Å². The fourth-order valence-electron chi connectivity index (χ4n) is 1.25. The molecule has 5 nitrogen and oxygen atoms in total. The molecule has 2 aromatic rings. The Morgan fingerprint density at radius 2 is 2.40 bits per heavy atom. The molecule has 0 atom stereocenters. The first kappa shape index (κ1) is 10.1. The first-order chi connectivity index (χ1) is 7.25. The van der Waals surface area contributed by atoms with Gasteiger partial charge in [-0.2, -0.15) is 0 Å². The van der Waals surface area contributed by atoms with E-state index in [1.54, 1.807) is 17.7 Å². The van der Waals surface area contributed by atoms with Gasteiger partial charge in [-0.1, -0.05) is 0 Å². The molecule has 80 valence electrons. The van der Waals surface area contributed by atoms with Gasteiger partial charge in [-0.25, -0.2) is 4.98 Å². The molecule has 1 N–H and O–H groups in total. The zero-order valence-electron chi connectivity index (χ0n) is 8.77. The average molecular weight is 223 g/mol. The third-order valence-corrected chi connectivity index (χ3v) is 2.97. The zero-order chi connectivity index (χ0) is 10.7. The molecule has 0 saturated carbocycles. The van der Waals surface area contributed by atoms with Gasteiger partial charge in [0.25, 0.3) is 0 Å². The van der Waals surface area contributed by atoms with Crippen LogP contribution in [0, 0.1) is 6.92 Å². The molecular weight excluding hydrogens is 210 g/mol. The number of aromatic nitrogens is 4. The second-order valence-corrected chi connectivity index (χ2v) is 4.19. The van der Waals surface area contributed by atoms with Gasteiger partial charge in [0.2, 0.25) is 0 Å². The van der Waals surface area contributed by atoms with E-state index in [-0.39, 0.29) is 0 Å². The third-order valence-electron chi connectivity index (χ3n) is 2.05. The Bertz CT molecular complexity index is 433. The normalized spacial score (nSPS) is 10.5. The molecule has 0 aliphatic rings. The summed E-state index contributed by atoms with van der Waals surface area (Å²) in [4.78, 5) is 4.32. The van der Waals surface area contributed by atoms with Crippen molar-refractivity contribution in [3.63, 3.8) is 0 Å². The molecule has 0 unspecified atom stereocenters. The van der Waals surface area contributed by atoms with Gasteiger partial charge in [-0.05, 0) is 6.92 Å². The van der Waals surface area contributed by atoms with Crippen molar-refractivity contribution in [2.75, 3.05) is 11.9 Å². The van der Waals surface area contributed by atoms with Gasteiger partial charge >= 0.3 is 0 Å². The van der Waals surface area contributed by atoms with E-state index in [1.807, 2.05) is 23.9 Å². The second-order valence-electron chi connectivity index (χ2n) is 3.33. The first-order valence-corrected chi connectivity index (χ1v) is 5.62. The van der Waals surface area contributed by atoms with Crippen molar-refractivity contribution in [2.24, 2.45) is 7.05 Å². The van der Waals surface area contributed by atoms with Crippen molar-refractivity contribution < 1.29 is 0 Å². The van der Waals surface area contributed by atoms with Gasteiger partial charge in [0.1, 0.15) is 12.2 Å². The van der Waals surface area contributed by atoms with Crippen LogP contribution in [0.15, 0.2) is 11.7 Å². The second kappa shape index (κ2) is 4.39. The van der Waals surface area contributed by atoms with Crippen LogP contribution in [0.4, 0.5) is 5.13 Å². The number of hydrogen-bond acceptors (Lipinski definition) is 5. The first-order valence-electron chi connectivity index (χ1n) is 4.74. The Morgan fingerprint density at radius 3 is 3.00 bits per heavy atom. The van der Waals surface area contributed by atoms with E-state index in [0.717, 1.165) is 29.6 Å². The Morgan fingerprint density at radius 1 is 1.53 bits per heavy atom. The minimum Gasteiger partial charge on any atom is -0.361 e. The van der Waals surface area contributed by atoms with E-state index in [9.17, 15) is 0 Å². The number of nitrogens with zero attached hydrogens (tertiary/aromatic N) is 4. The Hall–Kier alpha value is -1.43. The van der Waals surface area contributed by atoms with Crippen molar-refractivity contribution in [3.05, 3.63) is 23.2 Å². The Balaban J connectivity index is 1.83. The highest BCUT2D eigenvalue weighted by molar-refractivity contribution is 7.13. The molecule has 2 heterocycles. The Kier molecular flexibility index (Phi) is 2.96. The maximum atomic E-state index is 4.32. The highest BCUT2D eigenvalue weighted by Crippen LogP contribution is 2.13. The van der Waals surface area contributed by atoms with Gasteiger partial charge in [0, 0.05) is 25.4 Å². The minimum absolute atomic E-state index is 0.833. The maximum Gasteiger partial charge on any atom is 0.182 e. The lowest BCUT2D eigenvalue weighted by molar-refractivity contribution is 0.788. The predicted molar refractivity (Wildman–Crippen MR) is 60.0 cm³/mol. The lowest BCUT2D eigenvalue weighted by Gasteiger charge is -2.01. The third kappa shape index (κ3) is 2.53. The van der Waals surface area contributed by atoms with Crippen LogP contribution in [0.2, 0.25) is 0 Å². The summed E-state index contributed by atoms with van der Waals surface area (Å²) in [5, 5.41) is 14.1. The molecular formula is C9H13N5S. The number of aryl methyl sites for hydroxylation is 2. The summed E-state index contributed by atoms with van der Waals surface area (Å²) in [6, 6.07) is 0. The fourth-order valence-corrected chi connectivity index (χ4v) is 1.97. The SMILES string of the molecule is Cc1csc(NCCc2nncn2C)n1. The molecule has 0 aliphatic carbocycles. The monoisotopic (exact) mass is 223 g/mol. The molecule has 2 rings (SSSR count). The summed E-state index contributed by atoms with van der Waals surface area (Å²) in [5.74, 6) is 0.982. The predicted octanol–water partition coefficient (Wildman–Crippen LogP) is 1.23. The summed E-state index contributed by atoms with van der Waals surface area (Å²) in [6.45, 7) is 2.82. The highest BCUT2D eigenvalue weighted by Gasteiger charge is 2.01. The van der Waals surface area contributed by atoms with Crippen LogP contribution in [-0.2, 0) is 13.5 Å². The van der Waals surface area contributed by atoms with Gasteiger partial charge in [0.05, 0.1) is 5.69 Å². The smallest absolute Gasteiger partial charge is 0.182 e. The standard InChI is InChI=1S/C9H13N5S/c1-7-5-15-9(12-7)10-4-3-8-13-11-6-14(8)2/h5-6H,3-4H2,1-2H3,(H,10,12).